The van der Waals surface area contributed by atoms with Crippen molar-refractivity contribution < 1.29 is 0 Å². The van der Waals surface area contributed by atoms with Gasteiger partial charge in [0.25, 0.3) is 0 Å². The third-order valence-electron chi connectivity index (χ3n) is 2.80. The van der Waals surface area contributed by atoms with E-state index in [0.717, 1.165) is 38.0 Å². The van der Waals surface area contributed by atoms with Gasteiger partial charge in [-0.05, 0) is 43.6 Å². The Balaban J connectivity index is 2.70. The predicted octanol–water partition coefficient (Wildman–Crippen LogP) is 5.40. The number of hydrogen-bond acceptors (Lipinski definition) is 1. The molecule has 0 aliphatic carbocycles. The molecule has 1 nitrogen and oxygen atoms in total. The van der Waals surface area contributed by atoms with Crippen LogP contribution in [0.5, 0.6) is 0 Å². The van der Waals surface area contributed by atoms with E-state index in [1.54, 1.807) is 6.07 Å². The highest BCUT2D eigenvalue weighted by Gasteiger charge is 2.15. The van der Waals surface area contributed by atoms with E-state index in [4.69, 9.17) is 34.8 Å². The highest BCUT2D eigenvalue weighted by molar-refractivity contribution is 6.35. The Bertz CT molecular complexity index is 362. The minimum absolute atomic E-state index is 0.0899. The van der Waals surface area contributed by atoms with Gasteiger partial charge in [-0.1, -0.05) is 43.1 Å². The van der Waals surface area contributed by atoms with Crippen molar-refractivity contribution in [2.24, 2.45) is 0 Å². The van der Waals surface area contributed by atoms with Crippen molar-refractivity contribution in [1.29, 1.82) is 0 Å². The van der Waals surface area contributed by atoms with Crippen molar-refractivity contribution in [2.75, 3.05) is 19.6 Å². The molecule has 0 saturated carbocycles. The number of benzene rings is 1. The lowest BCUT2D eigenvalue weighted by atomic mass is 10.1. The van der Waals surface area contributed by atoms with Gasteiger partial charge in [-0.15, -0.1) is 11.6 Å². The summed E-state index contributed by atoms with van der Waals surface area (Å²) in [5.74, 6) is 0. The summed E-state index contributed by atoms with van der Waals surface area (Å²) >= 11 is 18.5. The maximum absolute atomic E-state index is 6.46. The summed E-state index contributed by atoms with van der Waals surface area (Å²) in [7, 11) is 0. The molecule has 0 aliphatic heterocycles. The lowest BCUT2D eigenvalue weighted by molar-refractivity contribution is 0.275. The summed E-state index contributed by atoms with van der Waals surface area (Å²) in [5.41, 5.74) is 0.958. The standard InChI is InChI=1S/C14H20Cl3N/c1-3-7-18(8-4-2)10-14(17)12-6-5-11(15)9-13(12)16/h5-6,9,14H,3-4,7-8,10H2,1-2H3. The normalized spacial score (nSPS) is 13.0. The van der Waals surface area contributed by atoms with Crippen LogP contribution in [-0.4, -0.2) is 24.5 Å². The van der Waals surface area contributed by atoms with Gasteiger partial charge in [-0.25, -0.2) is 0 Å². The van der Waals surface area contributed by atoms with E-state index in [-0.39, 0.29) is 5.38 Å². The lowest BCUT2D eigenvalue weighted by Gasteiger charge is -2.24. The van der Waals surface area contributed by atoms with Crippen molar-refractivity contribution >= 4 is 34.8 Å². The Hall–Kier alpha value is 0.0500. The SMILES string of the molecule is CCCN(CCC)CC(Cl)c1ccc(Cl)cc1Cl. The van der Waals surface area contributed by atoms with E-state index in [9.17, 15) is 0 Å². The summed E-state index contributed by atoms with van der Waals surface area (Å²) in [6.07, 6.45) is 2.27. The van der Waals surface area contributed by atoms with Crippen LogP contribution in [0.4, 0.5) is 0 Å². The van der Waals surface area contributed by atoms with Gasteiger partial charge in [-0.2, -0.15) is 0 Å². The molecular formula is C14H20Cl3N. The number of hydrogen-bond donors (Lipinski definition) is 0. The van der Waals surface area contributed by atoms with Crippen molar-refractivity contribution in [3.05, 3.63) is 33.8 Å². The quantitative estimate of drug-likeness (QED) is 0.610. The molecule has 1 aromatic carbocycles. The second kappa shape index (κ2) is 8.27. The number of halogens is 3. The molecular weight excluding hydrogens is 289 g/mol. The van der Waals surface area contributed by atoms with Gasteiger partial charge in [0.2, 0.25) is 0 Å². The zero-order valence-corrected chi connectivity index (χ0v) is 13.2. The van der Waals surface area contributed by atoms with Crippen LogP contribution in [-0.2, 0) is 0 Å². The smallest absolute Gasteiger partial charge is 0.0726 e. The Labute approximate surface area is 125 Å². The Morgan fingerprint density at radius 2 is 1.72 bits per heavy atom. The van der Waals surface area contributed by atoms with E-state index in [2.05, 4.69) is 18.7 Å². The van der Waals surface area contributed by atoms with Gasteiger partial charge in [0, 0.05) is 16.6 Å². The van der Waals surface area contributed by atoms with E-state index in [1.807, 2.05) is 12.1 Å². The van der Waals surface area contributed by atoms with E-state index in [1.165, 1.54) is 0 Å². The van der Waals surface area contributed by atoms with Crippen molar-refractivity contribution in [1.82, 2.24) is 4.90 Å². The second-order valence-electron chi connectivity index (χ2n) is 4.43. The highest BCUT2D eigenvalue weighted by atomic mass is 35.5. The van der Waals surface area contributed by atoms with Crippen LogP contribution in [0.1, 0.15) is 37.6 Å². The molecule has 0 amide bonds. The first-order chi connectivity index (χ1) is 8.58. The highest BCUT2D eigenvalue weighted by Crippen LogP contribution is 2.30. The summed E-state index contributed by atoms with van der Waals surface area (Å²) < 4.78 is 0. The summed E-state index contributed by atoms with van der Waals surface area (Å²) in [6.45, 7) is 7.33. The molecule has 18 heavy (non-hydrogen) atoms. The maximum Gasteiger partial charge on any atom is 0.0726 e. The fourth-order valence-electron chi connectivity index (χ4n) is 2.01. The van der Waals surface area contributed by atoms with Crippen molar-refractivity contribution in [2.45, 2.75) is 32.1 Å². The van der Waals surface area contributed by atoms with Gasteiger partial charge in [0.15, 0.2) is 0 Å². The third kappa shape index (κ3) is 4.97. The number of alkyl halides is 1. The maximum atomic E-state index is 6.46. The molecule has 102 valence electrons. The van der Waals surface area contributed by atoms with Crippen molar-refractivity contribution in [3.8, 4) is 0 Å². The Morgan fingerprint density at radius 3 is 2.22 bits per heavy atom. The molecule has 0 saturated heterocycles. The monoisotopic (exact) mass is 307 g/mol. The minimum atomic E-state index is -0.0899. The zero-order chi connectivity index (χ0) is 13.5. The Morgan fingerprint density at radius 1 is 1.11 bits per heavy atom. The average molecular weight is 309 g/mol. The van der Waals surface area contributed by atoms with Crippen LogP contribution >= 0.6 is 34.8 Å². The van der Waals surface area contributed by atoms with Crippen LogP contribution in [0, 0.1) is 0 Å². The fraction of sp³-hybridized carbons (Fsp3) is 0.571. The van der Waals surface area contributed by atoms with Crippen molar-refractivity contribution in [3.63, 3.8) is 0 Å². The molecule has 1 atom stereocenters. The van der Waals surface area contributed by atoms with Gasteiger partial charge < -0.3 is 4.90 Å². The third-order valence-corrected chi connectivity index (χ3v) is 3.73. The second-order valence-corrected chi connectivity index (χ2v) is 5.80. The first kappa shape index (κ1) is 16.1. The van der Waals surface area contributed by atoms with E-state index < -0.39 is 0 Å². The lowest BCUT2D eigenvalue weighted by Crippen LogP contribution is -2.28. The topological polar surface area (TPSA) is 3.24 Å². The molecule has 0 radical (unpaired) electrons. The van der Waals surface area contributed by atoms with Crippen LogP contribution < -0.4 is 0 Å². The van der Waals surface area contributed by atoms with Gasteiger partial charge in [-0.3, -0.25) is 0 Å². The Kier molecular flexibility index (Phi) is 7.40. The van der Waals surface area contributed by atoms with Gasteiger partial charge >= 0.3 is 0 Å². The fourth-order valence-corrected chi connectivity index (χ4v) is 2.99. The van der Waals surface area contributed by atoms with Crippen LogP contribution in [0.3, 0.4) is 0 Å². The van der Waals surface area contributed by atoms with Gasteiger partial charge in [0.05, 0.1) is 5.38 Å². The zero-order valence-electron chi connectivity index (χ0n) is 10.9. The van der Waals surface area contributed by atoms with E-state index >= 15 is 0 Å². The minimum Gasteiger partial charge on any atom is -0.302 e. The molecule has 1 unspecified atom stereocenters. The predicted molar refractivity (Wildman–Crippen MR) is 82.1 cm³/mol. The van der Waals surface area contributed by atoms with Crippen LogP contribution in [0.15, 0.2) is 18.2 Å². The van der Waals surface area contributed by atoms with Gasteiger partial charge in [0.1, 0.15) is 0 Å². The molecule has 0 N–H and O–H groups in total. The number of nitrogens with zero attached hydrogens (tertiary/aromatic N) is 1. The molecule has 0 bridgehead atoms. The molecule has 1 rings (SSSR count). The molecule has 0 spiro atoms. The number of rotatable bonds is 7. The summed E-state index contributed by atoms with van der Waals surface area (Å²) in [4.78, 5) is 2.38. The molecule has 0 fully saturated rings. The summed E-state index contributed by atoms with van der Waals surface area (Å²) in [5, 5.41) is 1.20. The first-order valence-electron chi connectivity index (χ1n) is 6.39. The van der Waals surface area contributed by atoms with E-state index in [0.29, 0.717) is 10.0 Å². The van der Waals surface area contributed by atoms with Crippen LogP contribution in [0.25, 0.3) is 0 Å². The molecule has 1 aromatic rings. The molecule has 0 heterocycles. The molecule has 0 aromatic heterocycles. The first-order valence-corrected chi connectivity index (χ1v) is 7.59. The summed E-state index contributed by atoms with van der Waals surface area (Å²) in [6, 6.07) is 5.50. The van der Waals surface area contributed by atoms with Crippen LogP contribution in [0.2, 0.25) is 10.0 Å². The molecule has 4 heteroatoms. The average Bonchev–Trinajstić information content (AvgIpc) is 2.29. The largest absolute Gasteiger partial charge is 0.302 e. The molecule has 0 aliphatic rings.